The second-order valence-corrected chi connectivity index (χ2v) is 4.95. The van der Waals surface area contributed by atoms with Gasteiger partial charge in [-0.1, -0.05) is 6.07 Å². The molecule has 22 heavy (non-hydrogen) atoms. The third kappa shape index (κ3) is 3.33. The molecule has 0 unspecified atom stereocenters. The van der Waals surface area contributed by atoms with Crippen molar-refractivity contribution in [3.8, 4) is 5.75 Å². The van der Waals surface area contributed by atoms with Crippen LogP contribution in [0.3, 0.4) is 0 Å². The lowest BCUT2D eigenvalue weighted by Gasteiger charge is -2.14. The van der Waals surface area contributed by atoms with Crippen molar-refractivity contribution in [1.82, 2.24) is 10.3 Å². The number of amides is 1. The molecule has 2 aromatic rings. The summed E-state index contributed by atoms with van der Waals surface area (Å²) in [6.07, 6.45) is 1.48. The third-order valence-corrected chi connectivity index (χ3v) is 3.36. The molecule has 6 heteroatoms. The summed E-state index contributed by atoms with van der Waals surface area (Å²) in [5, 5.41) is 2.74. The van der Waals surface area contributed by atoms with E-state index in [1.165, 1.54) is 38.4 Å². The van der Waals surface area contributed by atoms with Crippen molar-refractivity contribution in [3.05, 3.63) is 53.1 Å². The topological polar surface area (TPSA) is 71.2 Å². The van der Waals surface area contributed by atoms with Gasteiger partial charge in [-0.25, -0.2) is 4.39 Å². The van der Waals surface area contributed by atoms with E-state index in [4.69, 9.17) is 4.74 Å². The largest absolute Gasteiger partial charge is 0.494 e. The number of aromatic amines is 1. The molecule has 0 aliphatic heterocycles. The van der Waals surface area contributed by atoms with Gasteiger partial charge in [0.05, 0.1) is 13.2 Å². The molecule has 1 amide bonds. The van der Waals surface area contributed by atoms with E-state index in [9.17, 15) is 14.0 Å². The molecule has 0 bridgehead atoms. The monoisotopic (exact) mass is 304 g/mol. The molecular weight excluding hydrogens is 287 g/mol. The number of aromatic nitrogens is 1. The van der Waals surface area contributed by atoms with Crippen LogP contribution in [0.4, 0.5) is 4.39 Å². The molecule has 5 nitrogen and oxygen atoms in total. The fourth-order valence-electron chi connectivity index (χ4n) is 2.04. The highest BCUT2D eigenvalue weighted by Crippen LogP contribution is 2.22. The lowest BCUT2D eigenvalue weighted by Crippen LogP contribution is -2.27. The zero-order chi connectivity index (χ0) is 16.3. The Morgan fingerprint density at radius 2 is 2.05 bits per heavy atom. The quantitative estimate of drug-likeness (QED) is 0.834. The summed E-state index contributed by atoms with van der Waals surface area (Å²) in [5.74, 6) is -0.825. The van der Waals surface area contributed by atoms with Crippen LogP contribution in [0.5, 0.6) is 5.75 Å². The van der Waals surface area contributed by atoms with E-state index in [2.05, 4.69) is 10.3 Å². The van der Waals surface area contributed by atoms with Crippen LogP contribution in [-0.4, -0.2) is 23.8 Å². The first-order valence-corrected chi connectivity index (χ1v) is 6.76. The Morgan fingerprint density at radius 3 is 2.59 bits per heavy atom. The Balaban J connectivity index is 2.10. The van der Waals surface area contributed by atoms with Crippen LogP contribution in [0.15, 0.2) is 30.5 Å². The van der Waals surface area contributed by atoms with Crippen LogP contribution in [-0.2, 0) is 0 Å². The van der Waals surface area contributed by atoms with Crippen LogP contribution in [0, 0.1) is 5.82 Å². The summed E-state index contributed by atoms with van der Waals surface area (Å²) in [6.45, 7) is 3.17. The molecule has 0 saturated heterocycles. The Kier molecular flexibility index (Phi) is 4.60. The molecule has 1 aromatic heterocycles. The number of Topliss-reactive ketones (excluding diaryl/α,β-unsaturated/α-hetero) is 1. The maximum absolute atomic E-state index is 13.7. The van der Waals surface area contributed by atoms with Crippen LogP contribution in [0.2, 0.25) is 0 Å². The number of ketones is 1. The van der Waals surface area contributed by atoms with Gasteiger partial charge in [-0.3, -0.25) is 9.59 Å². The molecule has 0 aliphatic rings. The van der Waals surface area contributed by atoms with E-state index in [0.717, 1.165) is 0 Å². The van der Waals surface area contributed by atoms with E-state index < -0.39 is 11.9 Å². The molecule has 0 fully saturated rings. The Bertz CT molecular complexity index is 709. The number of nitrogens with one attached hydrogen (secondary N) is 2. The summed E-state index contributed by atoms with van der Waals surface area (Å²) in [5.41, 5.74) is 1.34. The Morgan fingerprint density at radius 1 is 1.32 bits per heavy atom. The number of methoxy groups -OCH3 is 1. The lowest BCUT2D eigenvalue weighted by molar-refractivity contribution is 0.0935. The summed E-state index contributed by atoms with van der Waals surface area (Å²) < 4.78 is 18.5. The van der Waals surface area contributed by atoms with Crippen molar-refractivity contribution in [1.29, 1.82) is 0 Å². The number of rotatable bonds is 5. The van der Waals surface area contributed by atoms with E-state index in [1.807, 2.05) is 0 Å². The molecule has 0 saturated carbocycles. The minimum Gasteiger partial charge on any atom is -0.494 e. The van der Waals surface area contributed by atoms with Gasteiger partial charge in [0.15, 0.2) is 17.3 Å². The highest BCUT2D eigenvalue weighted by atomic mass is 19.1. The fourth-order valence-corrected chi connectivity index (χ4v) is 2.04. The summed E-state index contributed by atoms with van der Waals surface area (Å²) in [6, 6.07) is 5.61. The lowest BCUT2D eigenvalue weighted by atomic mass is 10.1. The van der Waals surface area contributed by atoms with Crippen LogP contribution in [0.25, 0.3) is 0 Å². The van der Waals surface area contributed by atoms with Crippen molar-refractivity contribution in [2.45, 2.75) is 19.9 Å². The zero-order valence-electron chi connectivity index (χ0n) is 12.6. The van der Waals surface area contributed by atoms with E-state index in [-0.39, 0.29) is 23.1 Å². The van der Waals surface area contributed by atoms with Crippen molar-refractivity contribution in [3.63, 3.8) is 0 Å². The Hall–Kier alpha value is -2.63. The molecule has 1 atom stereocenters. The van der Waals surface area contributed by atoms with Gasteiger partial charge >= 0.3 is 0 Å². The molecule has 0 aliphatic carbocycles. The first-order chi connectivity index (χ1) is 10.4. The number of hydrogen-bond acceptors (Lipinski definition) is 3. The number of carbonyl (C=O) groups excluding carboxylic acids is 2. The minimum absolute atomic E-state index is 0.124. The second-order valence-electron chi connectivity index (χ2n) is 4.95. The maximum atomic E-state index is 13.7. The average Bonchev–Trinajstić information content (AvgIpc) is 2.97. The van der Waals surface area contributed by atoms with Gasteiger partial charge < -0.3 is 15.0 Å². The number of halogens is 1. The predicted octanol–water partition coefficient (Wildman–Crippen LogP) is 2.86. The van der Waals surface area contributed by atoms with Gasteiger partial charge in [0.25, 0.3) is 5.91 Å². The molecule has 1 aromatic carbocycles. The smallest absolute Gasteiger partial charge is 0.268 e. The number of benzene rings is 1. The fraction of sp³-hybridized carbons (Fsp3) is 0.250. The maximum Gasteiger partial charge on any atom is 0.268 e. The number of ether oxygens (including phenoxy) is 1. The van der Waals surface area contributed by atoms with E-state index in [1.54, 1.807) is 13.0 Å². The summed E-state index contributed by atoms with van der Waals surface area (Å²) >= 11 is 0. The third-order valence-electron chi connectivity index (χ3n) is 3.36. The number of carbonyl (C=O) groups is 2. The van der Waals surface area contributed by atoms with Crippen molar-refractivity contribution >= 4 is 11.7 Å². The van der Waals surface area contributed by atoms with E-state index >= 15 is 0 Å². The minimum atomic E-state index is -0.486. The first-order valence-electron chi connectivity index (χ1n) is 6.76. The van der Waals surface area contributed by atoms with Crippen molar-refractivity contribution in [2.75, 3.05) is 7.11 Å². The van der Waals surface area contributed by atoms with Crippen molar-refractivity contribution < 1.29 is 18.7 Å². The molecule has 1 heterocycles. The summed E-state index contributed by atoms with van der Waals surface area (Å²) in [7, 11) is 1.39. The average molecular weight is 304 g/mol. The molecule has 0 radical (unpaired) electrons. The highest BCUT2D eigenvalue weighted by molar-refractivity contribution is 5.99. The SMILES string of the molecule is COc1ccc([C@@H](C)NC(=O)c2cc(C(C)=O)c[nH]2)cc1F. The number of hydrogen-bond donors (Lipinski definition) is 2. The first kappa shape index (κ1) is 15.8. The van der Waals surface area contributed by atoms with Gasteiger partial charge in [-0.15, -0.1) is 0 Å². The van der Waals surface area contributed by atoms with Crippen LogP contribution in [0.1, 0.15) is 46.3 Å². The van der Waals surface area contributed by atoms with Gasteiger partial charge in [0.1, 0.15) is 5.69 Å². The molecule has 2 N–H and O–H groups in total. The van der Waals surface area contributed by atoms with Gasteiger partial charge in [0, 0.05) is 11.8 Å². The summed E-state index contributed by atoms with van der Waals surface area (Å²) in [4.78, 5) is 26.1. The Labute approximate surface area is 127 Å². The normalized spacial score (nSPS) is 11.8. The van der Waals surface area contributed by atoms with Gasteiger partial charge in [-0.05, 0) is 37.6 Å². The van der Waals surface area contributed by atoms with Gasteiger partial charge in [0.2, 0.25) is 0 Å². The molecular formula is C16H17FN2O3. The van der Waals surface area contributed by atoms with E-state index in [0.29, 0.717) is 11.1 Å². The van der Waals surface area contributed by atoms with Crippen LogP contribution < -0.4 is 10.1 Å². The van der Waals surface area contributed by atoms with Crippen molar-refractivity contribution in [2.24, 2.45) is 0 Å². The predicted molar refractivity (Wildman–Crippen MR) is 79.6 cm³/mol. The second kappa shape index (κ2) is 6.43. The molecule has 2 rings (SSSR count). The zero-order valence-corrected chi connectivity index (χ0v) is 12.6. The molecule has 0 spiro atoms. The number of H-pyrrole nitrogens is 1. The highest BCUT2D eigenvalue weighted by Gasteiger charge is 2.15. The van der Waals surface area contributed by atoms with Gasteiger partial charge in [-0.2, -0.15) is 0 Å². The van der Waals surface area contributed by atoms with Crippen LogP contribution >= 0.6 is 0 Å². The standard InChI is InChI=1S/C16H17FN2O3/c1-9(11-4-5-15(22-3)13(17)6-11)19-16(21)14-7-12(8-18-14)10(2)20/h4-9,18H,1-3H3,(H,19,21)/t9-/m1/s1. The molecule has 116 valence electrons.